The number of nitrogens with zero attached hydrogens (tertiary/aromatic N) is 3. The summed E-state index contributed by atoms with van der Waals surface area (Å²) in [5.74, 6) is 2.22. The number of benzene rings is 1. The average molecular weight is 351 g/mol. The van der Waals surface area contributed by atoms with E-state index in [2.05, 4.69) is 46.3 Å². The number of unbranched alkanes of at least 4 members (excludes halogenated alkanes) is 1. The molecule has 1 fully saturated rings. The van der Waals surface area contributed by atoms with Crippen molar-refractivity contribution in [2.75, 3.05) is 19.6 Å². The molecule has 1 saturated heterocycles. The van der Waals surface area contributed by atoms with E-state index in [9.17, 15) is 0 Å². The van der Waals surface area contributed by atoms with Crippen LogP contribution in [0.2, 0.25) is 0 Å². The number of allylic oxidation sites excluding steroid dienone is 1. The molecular formula is C22H29N3O. The fourth-order valence-electron chi connectivity index (χ4n) is 4.15. The molecule has 4 heteroatoms. The molecule has 0 N–H and O–H groups in total. The third-order valence-corrected chi connectivity index (χ3v) is 5.83. The van der Waals surface area contributed by atoms with Gasteiger partial charge >= 0.3 is 0 Å². The number of rotatable bonds is 6. The molecule has 1 aliphatic carbocycles. The van der Waals surface area contributed by atoms with Gasteiger partial charge in [-0.1, -0.05) is 25.1 Å². The molecule has 0 saturated carbocycles. The van der Waals surface area contributed by atoms with E-state index in [-0.39, 0.29) is 0 Å². The third-order valence-electron chi connectivity index (χ3n) is 5.83. The third kappa shape index (κ3) is 3.90. The zero-order valence-corrected chi connectivity index (χ0v) is 16.0. The Hall–Kier alpha value is -1.94. The van der Waals surface area contributed by atoms with E-state index >= 15 is 0 Å². The van der Waals surface area contributed by atoms with Gasteiger partial charge in [0, 0.05) is 18.9 Å². The van der Waals surface area contributed by atoms with Crippen LogP contribution in [0.15, 0.2) is 22.6 Å². The molecule has 0 unspecified atom stereocenters. The maximum atomic E-state index is 5.62. The van der Waals surface area contributed by atoms with Crippen molar-refractivity contribution in [2.24, 2.45) is 5.92 Å². The van der Waals surface area contributed by atoms with Crippen LogP contribution in [0, 0.1) is 12.8 Å². The zero-order valence-electron chi connectivity index (χ0n) is 16.0. The SMILES string of the molecule is Cc1nnc(C2=Cc3c(CCCCN4CCC(C)CC4)cccc3C2)o1. The van der Waals surface area contributed by atoms with Crippen LogP contribution in [0.5, 0.6) is 0 Å². The summed E-state index contributed by atoms with van der Waals surface area (Å²) in [6.45, 7) is 8.05. The van der Waals surface area contributed by atoms with Crippen molar-refractivity contribution in [2.45, 2.75) is 52.4 Å². The molecule has 0 bridgehead atoms. The number of hydrogen-bond donors (Lipinski definition) is 0. The average Bonchev–Trinajstić information content (AvgIpc) is 3.26. The summed E-state index contributed by atoms with van der Waals surface area (Å²) in [7, 11) is 0. The van der Waals surface area contributed by atoms with Gasteiger partial charge in [0.05, 0.1) is 0 Å². The normalized spacial score (nSPS) is 18.2. The number of hydrogen-bond acceptors (Lipinski definition) is 4. The Morgan fingerprint density at radius 2 is 2.00 bits per heavy atom. The molecule has 138 valence electrons. The molecule has 0 radical (unpaired) electrons. The molecule has 2 aromatic rings. The van der Waals surface area contributed by atoms with Crippen LogP contribution in [0.25, 0.3) is 11.6 Å². The number of aryl methyl sites for hydroxylation is 2. The van der Waals surface area contributed by atoms with Crippen LogP contribution in [-0.2, 0) is 12.8 Å². The smallest absolute Gasteiger partial charge is 0.244 e. The quantitative estimate of drug-likeness (QED) is 0.717. The second-order valence-electron chi connectivity index (χ2n) is 7.94. The Labute approximate surface area is 156 Å². The maximum absolute atomic E-state index is 5.62. The molecule has 4 nitrogen and oxygen atoms in total. The number of likely N-dealkylation sites (tertiary alicyclic amines) is 1. The van der Waals surface area contributed by atoms with Gasteiger partial charge in [-0.25, -0.2) is 0 Å². The molecule has 4 rings (SSSR count). The predicted molar refractivity (Wildman–Crippen MR) is 105 cm³/mol. The molecule has 26 heavy (non-hydrogen) atoms. The van der Waals surface area contributed by atoms with Crippen molar-refractivity contribution < 1.29 is 4.42 Å². The highest BCUT2D eigenvalue weighted by molar-refractivity contribution is 5.86. The van der Waals surface area contributed by atoms with Crippen LogP contribution < -0.4 is 0 Å². The summed E-state index contributed by atoms with van der Waals surface area (Å²) >= 11 is 0. The first kappa shape index (κ1) is 17.5. The fourth-order valence-corrected chi connectivity index (χ4v) is 4.15. The minimum Gasteiger partial charge on any atom is -0.421 e. The van der Waals surface area contributed by atoms with Gasteiger partial charge in [0.25, 0.3) is 0 Å². The van der Waals surface area contributed by atoms with E-state index in [4.69, 9.17) is 4.42 Å². The highest BCUT2D eigenvalue weighted by atomic mass is 16.4. The van der Waals surface area contributed by atoms with Gasteiger partial charge < -0.3 is 9.32 Å². The summed E-state index contributed by atoms with van der Waals surface area (Å²) in [6.07, 6.45) is 9.59. The summed E-state index contributed by atoms with van der Waals surface area (Å²) in [5.41, 5.74) is 5.38. The highest BCUT2D eigenvalue weighted by Crippen LogP contribution is 2.33. The minimum atomic E-state index is 0.629. The summed E-state index contributed by atoms with van der Waals surface area (Å²) in [5, 5.41) is 8.15. The number of fused-ring (bicyclic) bond motifs is 1. The van der Waals surface area contributed by atoms with Gasteiger partial charge in [-0.2, -0.15) is 0 Å². The van der Waals surface area contributed by atoms with Crippen molar-refractivity contribution in [1.82, 2.24) is 15.1 Å². The minimum absolute atomic E-state index is 0.629. The monoisotopic (exact) mass is 351 g/mol. The van der Waals surface area contributed by atoms with Crippen molar-refractivity contribution >= 4 is 11.6 Å². The van der Waals surface area contributed by atoms with Crippen molar-refractivity contribution in [1.29, 1.82) is 0 Å². The molecule has 1 aromatic carbocycles. The first-order chi connectivity index (χ1) is 12.7. The zero-order chi connectivity index (χ0) is 17.9. The van der Waals surface area contributed by atoms with E-state index in [1.54, 1.807) is 0 Å². The van der Waals surface area contributed by atoms with Gasteiger partial charge in [0.15, 0.2) is 0 Å². The lowest BCUT2D eigenvalue weighted by Gasteiger charge is -2.30. The van der Waals surface area contributed by atoms with Crippen molar-refractivity contribution in [3.05, 3.63) is 46.7 Å². The summed E-state index contributed by atoms with van der Waals surface area (Å²) < 4.78 is 5.62. The van der Waals surface area contributed by atoms with Gasteiger partial charge in [-0.3, -0.25) is 0 Å². The fraction of sp³-hybridized carbons (Fsp3) is 0.545. The molecular weight excluding hydrogens is 322 g/mol. The van der Waals surface area contributed by atoms with Crippen LogP contribution in [-0.4, -0.2) is 34.7 Å². The maximum Gasteiger partial charge on any atom is 0.244 e. The Balaban J connectivity index is 1.34. The Morgan fingerprint density at radius 1 is 1.15 bits per heavy atom. The Kier molecular flexibility index (Phi) is 5.21. The van der Waals surface area contributed by atoms with E-state index in [1.165, 1.54) is 62.0 Å². The Morgan fingerprint density at radius 3 is 2.77 bits per heavy atom. The molecule has 2 aliphatic rings. The molecule has 1 aromatic heterocycles. The lowest BCUT2D eigenvalue weighted by Crippen LogP contribution is -2.33. The molecule has 0 spiro atoms. The summed E-state index contributed by atoms with van der Waals surface area (Å²) in [6, 6.07) is 6.69. The largest absolute Gasteiger partial charge is 0.421 e. The summed E-state index contributed by atoms with van der Waals surface area (Å²) in [4.78, 5) is 2.64. The van der Waals surface area contributed by atoms with Gasteiger partial charge in [-0.05, 0) is 80.4 Å². The van der Waals surface area contributed by atoms with Crippen LogP contribution in [0.4, 0.5) is 0 Å². The van der Waals surface area contributed by atoms with Crippen molar-refractivity contribution in [3.8, 4) is 0 Å². The molecule has 0 amide bonds. The lowest BCUT2D eigenvalue weighted by atomic mass is 9.97. The molecule has 0 atom stereocenters. The molecule has 1 aliphatic heterocycles. The van der Waals surface area contributed by atoms with Crippen molar-refractivity contribution in [3.63, 3.8) is 0 Å². The second kappa shape index (κ2) is 7.75. The molecule has 2 heterocycles. The highest BCUT2D eigenvalue weighted by Gasteiger charge is 2.20. The second-order valence-corrected chi connectivity index (χ2v) is 7.94. The standard InChI is InChI=1S/C22H29N3O/c1-16-9-12-25(13-10-16)11-4-3-6-18-7-5-8-19-14-20(15-21(18)19)22-24-23-17(2)26-22/h5,7-8,15-16H,3-4,6,9-14H2,1-2H3. The van der Waals surface area contributed by atoms with Crippen LogP contribution in [0.1, 0.15) is 61.1 Å². The van der Waals surface area contributed by atoms with E-state index in [0.29, 0.717) is 11.8 Å². The predicted octanol–water partition coefficient (Wildman–Crippen LogP) is 4.53. The number of piperidine rings is 1. The van der Waals surface area contributed by atoms with E-state index < -0.39 is 0 Å². The lowest BCUT2D eigenvalue weighted by molar-refractivity contribution is 0.189. The first-order valence-corrected chi connectivity index (χ1v) is 10.0. The van der Waals surface area contributed by atoms with E-state index in [1.807, 2.05) is 6.92 Å². The van der Waals surface area contributed by atoms with Crippen LogP contribution >= 0.6 is 0 Å². The van der Waals surface area contributed by atoms with Gasteiger partial charge in [0.2, 0.25) is 11.8 Å². The number of aromatic nitrogens is 2. The topological polar surface area (TPSA) is 42.2 Å². The van der Waals surface area contributed by atoms with Gasteiger partial charge in [0.1, 0.15) is 0 Å². The van der Waals surface area contributed by atoms with E-state index in [0.717, 1.165) is 24.3 Å². The van der Waals surface area contributed by atoms with Crippen LogP contribution in [0.3, 0.4) is 0 Å². The first-order valence-electron chi connectivity index (χ1n) is 10.0. The van der Waals surface area contributed by atoms with Gasteiger partial charge in [-0.15, -0.1) is 10.2 Å². The Bertz CT molecular complexity index is 784.